The minimum Gasteiger partial charge on any atom is -0.496 e. The highest BCUT2D eigenvalue weighted by atomic mass is 32.1. The predicted molar refractivity (Wildman–Crippen MR) is 112 cm³/mol. The summed E-state index contributed by atoms with van der Waals surface area (Å²) in [5, 5.41) is 9.08. The van der Waals surface area contributed by atoms with Crippen molar-refractivity contribution in [3.63, 3.8) is 0 Å². The topological polar surface area (TPSA) is 67.6 Å². The van der Waals surface area contributed by atoms with Gasteiger partial charge in [-0.05, 0) is 31.9 Å². The van der Waals surface area contributed by atoms with Gasteiger partial charge < -0.3 is 14.6 Å². The molecule has 0 aliphatic carbocycles. The Labute approximate surface area is 174 Å². The summed E-state index contributed by atoms with van der Waals surface area (Å²) in [6.45, 7) is 6.99. The van der Waals surface area contributed by atoms with Crippen molar-refractivity contribution in [2.24, 2.45) is 0 Å². The summed E-state index contributed by atoms with van der Waals surface area (Å²) in [4.78, 5) is 16.5. The molecule has 1 aromatic carbocycles. The van der Waals surface area contributed by atoms with Crippen LogP contribution in [0.1, 0.15) is 43.4 Å². The minimum absolute atomic E-state index is 0.0208. The molecule has 1 amide bonds. The number of carbonyl (C=O) groups excluding carboxylic acids is 1. The van der Waals surface area contributed by atoms with E-state index in [9.17, 15) is 4.79 Å². The fourth-order valence-electron chi connectivity index (χ4n) is 3.78. The predicted octanol–water partition coefficient (Wildman–Crippen LogP) is 3.85. The average Bonchev–Trinajstić information content (AvgIpc) is 3.30. The van der Waals surface area contributed by atoms with Gasteiger partial charge in [0.25, 0.3) is 5.91 Å². The lowest BCUT2D eigenvalue weighted by Crippen LogP contribution is -2.31. The zero-order valence-electron chi connectivity index (χ0n) is 16.9. The van der Waals surface area contributed by atoms with Gasteiger partial charge in [-0.15, -0.1) is 11.3 Å². The van der Waals surface area contributed by atoms with Crippen LogP contribution in [-0.2, 0) is 26.1 Å². The Kier molecular flexibility index (Phi) is 5.69. The SMILES string of the molecule is COc1ccccc1CNC(=O)c1csc2c1CCN(Cc1c(C)noc1C)C2. The van der Waals surface area contributed by atoms with E-state index in [1.165, 1.54) is 16.0 Å². The van der Waals surface area contributed by atoms with E-state index < -0.39 is 0 Å². The van der Waals surface area contributed by atoms with Gasteiger partial charge in [0, 0.05) is 47.6 Å². The maximum absolute atomic E-state index is 12.8. The number of methoxy groups -OCH3 is 1. The molecule has 6 nitrogen and oxygen atoms in total. The van der Waals surface area contributed by atoms with Crippen molar-refractivity contribution >= 4 is 17.2 Å². The average molecular weight is 412 g/mol. The highest BCUT2D eigenvalue weighted by molar-refractivity contribution is 7.10. The number of para-hydroxylation sites is 1. The number of hydrogen-bond acceptors (Lipinski definition) is 6. The number of carbonyl (C=O) groups is 1. The Morgan fingerprint density at radius 1 is 1.34 bits per heavy atom. The molecule has 0 saturated carbocycles. The van der Waals surface area contributed by atoms with Gasteiger partial charge in [-0.1, -0.05) is 23.4 Å². The molecule has 0 fully saturated rings. The summed E-state index contributed by atoms with van der Waals surface area (Å²) >= 11 is 1.67. The van der Waals surface area contributed by atoms with Crippen LogP contribution in [0.2, 0.25) is 0 Å². The molecule has 4 rings (SSSR count). The summed E-state index contributed by atoms with van der Waals surface area (Å²) in [5.74, 6) is 1.65. The van der Waals surface area contributed by atoms with Crippen molar-refractivity contribution in [3.8, 4) is 5.75 Å². The van der Waals surface area contributed by atoms with E-state index in [4.69, 9.17) is 9.26 Å². The number of aryl methyl sites for hydroxylation is 2. The summed E-state index contributed by atoms with van der Waals surface area (Å²) in [7, 11) is 1.64. The van der Waals surface area contributed by atoms with Crippen LogP contribution >= 0.6 is 11.3 Å². The van der Waals surface area contributed by atoms with Gasteiger partial charge >= 0.3 is 0 Å². The monoisotopic (exact) mass is 411 g/mol. The first-order valence-corrected chi connectivity index (χ1v) is 10.6. The number of hydrogen-bond donors (Lipinski definition) is 1. The first-order valence-electron chi connectivity index (χ1n) is 9.70. The summed E-state index contributed by atoms with van der Waals surface area (Å²) < 4.78 is 10.7. The molecule has 1 aliphatic heterocycles. The van der Waals surface area contributed by atoms with Crippen molar-refractivity contribution in [3.05, 3.63) is 68.2 Å². The molecule has 0 unspecified atom stereocenters. The smallest absolute Gasteiger partial charge is 0.252 e. The summed E-state index contributed by atoms with van der Waals surface area (Å²) in [5.41, 5.74) is 5.08. The van der Waals surface area contributed by atoms with Crippen LogP contribution < -0.4 is 10.1 Å². The van der Waals surface area contributed by atoms with Gasteiger partial charge in [-0.2, -0.15) is 0 Å². The molecule has 2 aromatic heterocycles. The molecule has 1 N–H and O–H groups in total. The number of thiophene rings is 1. The molecule has 0 spiro atoms. The third-order valence-electron chi connectivity index (χ3n) is 5.47. The molecule has 0 saturated heterocycles. The van der Waals surface area contributed by atoms with Gasteiger partial charge in [0.05, 0.1) is 18.4 Å². The van der Waals surface area contributed by atoms with E-state index in [0.717, 1.165) is 54.4 Å². The Hall–Kier alpha value is -2.64. The van der Waals surface area contributed by atoms with Crippen LogP contribution in [0.25, 0.3) is 0 Å². The quantitative estimate of drug-likeness (QED) is 0.667. The number of amides is 1. The minimum atomic E-state index is -0.0208. The number of benzene rings is 1. The lowest BCUT2D eigenvalue weighted by Gasteiger charge is -2.27. The van der Waals surface area contributed by atoms with E-state index in [2.05, 4.69) is 15.4 Å². The van der Waals surface area contributed by atoms with Gasteiger partial charge in [0.1, 0.15) is 11.5 Å². The zero-order chi connectivity index (χ0) is 20.4. The highest BCUT2D eigenvalue weighted by Gasteiger charge is 2.25. The van der Waals surface area contributed by atoms with E-state index in [-0.39, 0.29) is 5.91 Å². The molecule has 3 aromatic rings. The Morgan fingerprint density at radius 3 is 2.93 bits per heavy atom. The molecule has 0 bridgehead atoms. The molecule has 3 heterocycles. The van der Waals surface area contributed by atoms with Crippen LogP contribution in [0.4, 0.5) is 0 Å². The molecule has 29 heavy (non-hydrogen) atoms. The van der Waals surface area contributed by atoms with Crippen molar-refractivity contribution < 1.29 is 14.1 Å². The van der Waals surface area contributed by atoms with Gasteiger partial charge in [0.2, 0.25) is 0 Å². The second kappa shape index (κ2) is 8.39. The molecular formula is C22H25N3O3S. The maximum Gasteiger partial charge on any atom is 0.252 e. The Balaban J connectivity index is 1.42. The second-order valence-corrected chi connectivity index (χ2v) is 8.27. The van der Waals surface area contributed by atoms with Gasteiger partial charge in [-0.25, -0.2) is 0 Å². The number of nitrogens with zero attached hydrogens (tertiary/aromatic N) is 2. The molecule has 152 valence electrons. The van der Waals surface area contributed by atoms with E-state index in [0.29, 0.717) is 6.54 Å². The number of fused-ring (bicyclic) bond motifs is 1. The van der Waals surface area contributed by atoms with Crippen molar-refractivity contribution in [1.29, 1.82) is 0 Å². The van der Waals surface area contributed by atoms with Crippen LogP contribution in [-0.4, -0.2) is 29.6 Å². The Bertz CT molecular complexity index is 1000. The molecule has 7 heteroatoms. The second-order valence-electron chi connectivity index (χ2n) is 7.31. The summed E-state index contributed by atoms with van der Waals surface area (Å²) in [6.07, 6.45) is 0.875. The first-order chi connectivity index (χ1) is 14.1. The number of nitrogens with one attached hydrogen (secondary N) is 1. The largest absolute Gasteiger partial charge is 0.496 e. The zero-order valence-corrected chi connectivity index (χ0v) is 17.8. The van der Waals surface area contributed by atoms with Crippen molar-refractivity contribution in [2.75, 3.05) is 13.7 Å². The molecular weight excluding hydrogens is 386 g/mol. The maximum atomic E-state index is 12.8. The molecule has 0 atom stereocenters. The number of rotatable bonds is 6. The number of aromatic nitrogens is 1. The van der Waals surface area contributed by atoms with E-state index >= 15 is 0 Å². The lowest BCUT2D eigenvalue weighted by atomic mass is 10.0. The van der Waals surface area contributed by atoms with Crippen LogP contribution in [0.5, 0.6) is 5.75 Å². The van der Waals surface area contributed by atoms with E-state index in [1.807, 2.05) is 43.5 Å². The fourth-order valence-corrected chi connectivity index (χ4v) is 4.90. The van der Waals surface area contributed by atoms with Gasteiger partial charge in [-0.3, -0.25) is 9.69 Å². The highest BCUT2D eigenvalue weighted by Crippen LogP contribution is 2.30. The Morgan fingerprint density at radius 2 is 2.17 bits per heavy atom. The van der Waals surface area contributed by atoms with Gasteiger partial charge in [0.15, 0.2) is 0 Å². The first kappa shape index (κ1) is 19.7. The number of ether oxygens (including phenoxy) is 1. The third-order valence-corrected chi connectivity index (χ3v) is 6.48. The fraction of sp³-hybridized carbons (Fsp3) is 0.364. The van der Waals surface area contributed by atoms with Crippen LogP contribution in [0.3, 0.4) is 0 Å². The molecule has 1 aliphatic rings. The van der Waals surface area contributed by atoms with Crippen molar-refractivity contribution in [1.82, 2.24) is 15.4 Å². The normalized spacial score (nSPS) is 13.9. The van der Waals surface area contributed by atoms with Crippen molar-refractivity contribution in [2.45, 2.75) is 39.9 Å². The third kappa shape index (κ3) is 4.06. The lowest BCUT2D eigenvalue weighted by molar-refractivity contribution is 0.0949. The van der Waals surface area contributed by atoms with Crippen LogP contribution in [0.15, 0.2) is 34.2 Å². The van der Waals surface area contributed by atoms with E-state index in [1.54, 1.807) is 18.4 Å². The summed E-state index contributed by atoms with van der Waals surface area (Å²) in [6, 6.07) is 7.74. The molecule has 0 radical (unpaired) electrons. The van der Waals surface area contributed by atoms with Crippen LogP contribution in [0, 0.1) is 13.8 Å². The standard InChI is InChI=1S/C22H25N3O3S/c1-14-18(15(2)28-24-14)11-25-9-8-17-19(13-29-21(17)12-25)22(26)23-10-16-6-4-5-7-20(16)27-3/h4-7,13H,8-12H2,1-3H3,(H,23,26).